The van der Waals surface area contributed by atoms with Gasteiger partial charge in [0, 0.05) is 6.54 Å². The van der Waals surface area contributed by atoms with Crippen molar-refractivity contribution in [3.05, 3.63) is 87.1 Å². The lowest BCUT2D eigenvalue weighted by Gasteiger charge is -2.11. The van der Waals surface area contributed by atoms with Gasteiger partial charge in [0.15, 0.2) is 0 Å². The first-order chi connectivity index (χ1) is 12.6. The number of nitrogens with one attached hydrogen (secondary N) is 2. The monoisotopic (exact) mass is 384 g/mol. The number of hydrogen-bond donors (Lipinski definition) is 2. The molecule has 4 nitrogen and oxygen atoms in total. The summed E-state index contributed by atoms with van der Waals surface area (Å²) in [7, 11) is 0. The molecule has 0 unspecified atom stereocenters. The van der Waals surface area contributed by atoms with Gasteiger partial charge in [0.05, 0.1) is 20.5 Å². The van der Waals surface area contributed by atoms with Crippen LogP contribution in [0.5, 0.6) is 0 Å². The zero-order valence-corrected chi connectivity index (χ0v) is 15.4. The molecule has 3 rings (SSSR count). The highest BCUT2D eigenvalue weighted by Crippen LogP contribution is 2.23. The summed E-state index contributed by atoms with van der Waals surface area (Å²) in [5.41, 5.74) is 2.06. The minimum absolute atomic E-state index is 0.221. The molecule has 1 aromatic heterocycles. The molecular weight excluding hydrogens is 368 g/mol. The molecule has 2 N–H and O–H groups in total. The van der Waals surface area contributed by atoms with Crippen molar-refractivity contribution in [1.82, 2.24) is 5.32 Å². The fourth-order valence-corrected chi connectivity index (χ4v) is 3.41. The SMILES string of the molecule is O=C(Nc1ccccc1C(=O)NCCc1ccccc1)c1ccc(Cl)s1. The highest BCUT2D eigenvalue weighted by Gasteiger charge is 2.15. The van der Waals surface area contributed by atoms with Crippen LogP contribution < -0.4 is 10.6 Å². The molecule has 6 heteroatoms. The van der Waals surface area contributed by atoms with Gasteiger partial charge in [-0.05, 0) is 36.2 Å². The Morgan fingerprint density at radius 2 is 1.62 bits per heavy atom. The zero-order valence-electron chi connectivity index (χ0n) is 13.9. The van der Waals surface area contributed by atoms with Gasteiger partial charge in [-0.1, -0.05) is 54.1 Å². The van der Waals surface area contributed by atoms with E-state index in [4.69, 9.17) is 11.6 Å². The van der Waals surface area contributed by atoms with E-state index in [1.807, 2.05) is 30.3 Å². The third kappa shape index (κ3) is 4.71. The van der Waals surface area contributed by atoms with Crippen LogP contribution in [0.4, 0.5) is 5.69 Å². The van der Waals surface area contributed by atoms with Gasteiger partial charge in [-0.3, -0.25) is 9.59 Å². The lowest BCUT2D eigenvalue weighted by Crippen LogP contribution is -2.27. The summed E-state index contributed by atoms with van der Waals surface area (Å²) in [4.78, 5) is 25.3. The Bertz CT molecular complexity index is 909. The number of hydrogen-bond acceptors (Lipinski definition) is 3. The Hall–Kier alpha value is -2.63. The van der Waals surface area contributed by atoms with Crippen molar-refractivity contribution < 1.29 is 9.59 Å². The van der Waals surface area contributed by atoms with Crippen LogP contribution in [0.15, 0.2) is 66.7 Å². The Morgan fingerprint density at radius 3 is 2.35 bits per heavy atom. The topological polar surface area (TPSA) is 58.2 Å². The second-order valence-electron chi connectivity index (χ2n) is 5.59. The number of anilines is 1. The standard InChI is InChI=1S/C20H17ClN2O2S/c21-18-11-10-17(26-18)20(25)23-16-9-5-4-8-15(16)19(24)22-13-12-14-6-2-1-3-7-14/h1-11H,12-13H2,(H,22,24)(H,23,25). The minimum Gasteiger partial charge on any atom is -0.352 e. The average molecular weight is 385 g/mol. The van der Waals surface area contributed by atoms with Crippen molar-refractivity contribution in [2.45, 2.75) is 6.42 Å². The minimum atomic E-state index is -0.286. The number of amides is 2. The maximum Gasteiger partial charge on any atom is 0.265 e. The molecule has 0 bridgehead atoms. The second kappa shape index (κ2) is 8.65. The van der Waals surface area contributed by atoms with Gasteiger partial charge in [-0.15, -0.1) is 11.3 Å². The van der Waals surface area contributed by atoms with Gasteiger partial charge < -0.3 is 10.6 Å². The Labute approximate surface area is 160 Å². The summed E-state index contributed by atoms with van der Waals surface area (Å²) in [6.45, 7) is 0.520. The van der Waals surface area contributed by atoms with E-state index in [9.17, 15) is 9.59 Å². The number of para-hydroxylation sites is 1. The van der Waals surface area contributed by atoms with E-state index < -0.39 is 0 Å². The fraction of sp³-hybridized carbons (Fsp3) is 0.100. The fourth-order valence-electron chi connectivity index (χ4n) is 2.47. The Kier molecular flexibility index (Phi) is 6.04. The van der Waals surface area contributed by atoms with Crippen molar-refractivity contribution in [3.63, 3.8) is 0 Å². The summed E-state index contributed by atoms with van der Waals surface area (Å²) >= 11 is 7.07. The van der Waals surface area contributed by atoms with E-state index in [0.717, 1.165) is 12.0 Å². The maximum atomic E-state index is 12.5. The van der Waals surface area contributed by atoms with E-state index >= 15 is 0 Å². The Balaban J connectivity index is 1.64. The van der Waals surface area contributed by atoms with Gasteiger partial charge in [-0.25, -0.2) is 0 Å². The van der Waals surface area contributed by atoms with Crippen molar-refractivity contribution in [1.29, 1.82) is 0 Å². The van der Waals surface area contributed by atoms with Crippen LogP contribution in [-0.2, 0) is 6.42 Å². The number of thiophene rings is 1. The lowest BCUT2D eigenvalue weighted by atomic mass is 10.1. The molecule has 0 saturated heterocycles. The number of carbonyl (C=O) groups excluding carboxylic acids is 2. The summed E-state index contributed by atoms with van der Waals surface area (Å²) in [6, 6.07) is 20.2. The third-order valence-electron chi connectivity index (χ3n) is 3.76. The first kappa shape index (κ1) is 18.2. The van der Waals surface area contributed by atoms with Crippen LogP contribution in [0.2, 0.25) is 4.34 Å². The van der Waals surface area contributed by atoms with E-state index in [1.54, 1.807) is 36.4 Å². The number of benzene rings is 2. The van der Waals surface area contributed by atoms with Crippen LogP contribution >= 0.6 is 22.9 Å². The molecule has 2 aromatic carbocycles. The van der Waals surface area contributed by atoms with Gasteiger partial charge in [0.2, 0.25) is 0 Å². The number of halogens is 1. The molecule has 0 aliphatic heterocycles. The summed E-state index contributed by atoms with van der Waals surface area (Å²) in [5, 5.41) is 5.68. The van der Waals surface area contributed by atoms with Gasteiger partial charge in [-0.2, -0.15) is 0 Å². The molecule has 0 saturated carbocycles. The molecule has 2 amide bonds. The van der Waals surface area contributed by atoms with Gasteiger partial charge in [0.1, 0.15) is 0 Å². The highest BCUT2D eigenvalue weighted by atomic mass is 35.5. The smallest absolute Gasteiger partial charge is 0.265 e. The molecule has 26 heavy (non-hydrogen) atoms. The maximum absolute atomic E-state index is 12.5. The third-order valence-corrected chi connectivity index (χ3v) is 4.99. The second-order valence-corrected chi connectivity index (χ2v) is 7.31. The van der Waals surface area contributed by atoms with Crippen molar-refractivity contribution in [3.8, 4) is 0 Å². The molecule has 0 radical (unpaired) electrons. The normalized spacial score (nSPS) is 10.3. The van der Waals surface area contributed by atoms with E-state index in [2.05, 4.69) is 10.6 Å². The zero-order chi connectivity index (χ0) is 18.4. The molecule has 132 valence electrons. The molecule has 0 aliphatic carbocycles. The predicted molar refractivity (Wildman–Crippen MR) is 106 cm³/mol. The molecule has 1 heterocycles. The van der Waals surface area contributed by atoms with Crippen molar-refractivity contribution in [2.24, 2.45) is 0 Å². The van der Waals surface area contributed by atoms with Gasteiger partial charge >= 0.3 is 0 Å². The van der Waals surface area contributed by atoms with Crippen molar-refractivity contribution >= 4 is 40.4 Å². The van der Waals surface area contributed by atoms with Crippen LogP contribution in [0.3, 0.4) is 0 Å². The molecule has 0 spiro atoms. The predicted octanol–water partition coefficient (Wildman–Crippen LogP) is 4.63. The lowest BCUT2D eigenvalue weighted by molar-refractivity contribution is 0.0955. The van der Waals surface area contributed by atoms with Gasteiger partial charge in [0.25, 0.3) is 11.8 Å². The number of carbonyl (C=O) groups is 2. The van der Waals surface area contributed by atoms with E-state index in [1.165, 1.54) is 11.3 Å². The largest absolute Gasteiger partial charge is 0.352 e. The molecule has 0 atom stereocenters. The van der Waals surface area contributed by atoms with E-state index in [0.29, 0.717) is 27.0 Å². The van der Waals surface area contributed by atoms with Crippen LogP contribution in [0.25, 0.3) is 0 Å². The molecule has 3 aromatic rings. The van der Waals surface area contributed by atoms with Crippen LogP contribution in [0.1, 0.15) is 25.6 Å². The van der Waals surface area contributed by atoms with Crippen LogP contribution in [0, 0.1) is 0 Å². The number of rotatable bonds is 6. The van der Waals surface area contributed by atoms with Crippen molar-refractivity contribution in [2.75, 3.05) is 11.9 Å². The van der Waals surface area contributed by atoms with E-state index in [-0.39, 0.29) is 11.8 Å². The first-order valence-corrected chi connectivity index (χ1v) is 9.31. The Morgan fingerprint density at radius 1 is 0.885 bits per heavy atom. The first-order valence-electron chi connectivity index (χ1n) is 8.11. The quantitative estimate of drug-likeness (QED) is 0.651. The summed E-state index contributed by atoms with van der Waals surface area (Å²) < 4.78 is 0.544. The molecule has 0 aliphatic rings. The van der Waals surface area contributed by atoms with Crippen LogP contribution in [-0.4, -0.2) is 18.4 Å². The molecular formula is C20H17ClN2O2S. The highest BCUT2D eigenvalue weighted by molar-refractivity contribution is 7.18. The average Bonchev–Trinajstić information content (AvgIpc) is 3.09. The molecule has 0 fully saturated rings. The summed E-state index contributed by atoms with van der Waals surface area (Å²) in [6.07, 6.45) is 0.745. The summed E-state index contributed by atoms with van der Waals surface area (Å²) in [5.74, 6) is -0.507.